The molecule has 1 unspecified atom stereocenters. The van der Waals surface area contributed by atoms with Gasteiger partial charge in [0.05, 0.1) is 21.8 Å². The predicted octanol–water partition coefficient (Wildman–Crippen LogP) is 4.88. The summed E-state index contributed by atoms with van der Waals surface area (Å²) in [5.74, 6) is -0.157. The Morgan fingerprint density at radius 3 is 2.33 bits per heavy atom. The zero-order chi connectivity index (χ0) is 23.5. The standard InChI is InChI=1S/C26H26N4O2S/c1-17-9-13-21(14-10-17)30-25(32)22-7-5-6-8-23(22)28-26(30)33-18(2)24(31)27-19-11-15-20(16-12-19)29(3)4/h5-16,18H,1-4H3,(H,27,31). The number of para-hydroxylation sites is 1. The zero-order valence-electron chi connectivity index (χ0n) is 19.1. The van der Waals surface area contributed by atoms with Gasteiger partial charge in [-0.25, -0.2) is 4.98 Å². The second-order valence-corrected chi connectivity index (χ2v) is 9.39. The Morgan fingerprint density at radius 1 is 1.00 bits per heavy atom. The van der Waals surface area contributed by atoms with Gasteiger partial charge in [-0.2, -0.15) is 0 Å². The molecular weight excluding hydrogens is 432 g/mol. The average Bonchev–Trinajstić information content (AvgIpc) is 2.80. The molecule has 3 aromatic carbocycles. The van der Waals surface area contributed by atoms with Crippen molar-refractivity contribution in [2.45, 2.75) is 24.3 Å². The molecule has 0 radical (unpaired) electrons. The lowest BCUT2D eigenvalue weighted by molar-refractivity contribution is -0.115. The molecule has 0 bridgehead atoms. The van der Waals surface area contributed by atoms with Crippen LogP contribution in [0.25, 0.3) is 16.6 Å². The van der Waals surface area contributed by atoms with Crippen molar-refractivity contribution >= 4 is 39.9 Å². The van der Waals surface area contributed by atoms with Crippen molar-refractivity contribution in [2.75, 3.05) is 24.3 Å². The fraction of sp³-hybridized carbons (Fsp3) is 0.192. The largest absolute Gasteiger partial charge is 0.378 e. The highest BCUT2D eigenvalue weighted by Gasteiger charge is 2.20. The Morgan fingerprint density at radius 2 is 1.67 bits per heavy atom. The van der Waals surface area contributed by atoms with Crippen LogP contribution in [0, 0.1) is 6.92 Å². The van der Waals surface area contributed by atoms with E-state index in [4.69, 9.17) is 4.98 Å². The van der Waals surface area contributed by atoms with E-state index in [1.165, 1.54) is 11.8 Å². The molecule has 1 heterocycles. The summed E-state index contributed by atoms with van der Waals surface area (Å²) in [6, 6.07) is 22.6. The Hall–Kier alpha value is -3.58. The van der Waals surface area contributed by atoms with Gasteiger partial charge in [-0.1, -0.05) is 41.6 Å². The van der Waals surface area contributed by atoms with E-state index in [1.54, 1.807) is 10.6 Å². The molecule has 0 aliphatic rings. The summed E-state index contributed by atoms with van der Waals surface area (Å²) in [4.78, 5) is 33.0. The van der Waals surface area contributed by atoms with Crippen molar-refractivity contribution in [3.8, 4) is 5.69 Å². The van der Waals surface area contributed by atoms with Crippen molar-refractivity contribution in [1.82, 2.24) is 9.55 Å². The normalized spacial score (nSPS) is 11.9. The second-order valence-electron chi connectivity index (χ2n) is 8.08. The first-order valence-corrected chi connectivity index (χ1v) is 11.5. The van der Waals surface area contributed by atoms with Crippen LogP contribution in [0.1, 0.15) is 12.5 Å². The molecule has 6 nitrogen and oxygen atoms in total. The maximum Gasteiger partial charge on any atom is 0.266 e. The summed E-state index contributed by atoms with van der Waals surface area (Å²) in [5.41, 5.74) is 4.05. The number of fused-ring (bicyclic) bond motifs is 1. The lowest BCUT2D eigenvalue weighted by Crippen LogP contribution is -2.26. The minimum Gasteiger partial charge on any atom is -0.378 e. The first-order valence-electron chi connectivity index (χ1n) is 10.7. The first kappa shape index (κ1) is 22.6. The van der Waals surface area contributed by atoms with Gasteiger partial charge in [0, 0.05) is 25.5 Å². The van der Waals surface area contributed by atoms with Crippen LogP contribution >= 0.6 is 11.8 Å². The van der Waals surface area contributed by atoms with Gasteiger partial charge < -0.3 is 10.2 Å². The maximum atomic E-state index is 13.4. The predicted molar refractivity (Wildman–Crippen MR) is 137 cm³/mol. The summed E-state index contributed by atoms with van der Waals surface area (Å²) in [7, 11) is 3.94. The second kappa shape index (κ2) is 9.50. The van der Waals surface area contributed by atoms with Gasteiger partial charge in [-0.3, -0.25) is 14.2 Å². The minimum absolute atomic E-state index is 0.154. The highest BCUT2D eigenvalue weighted by molar-refractivity contribution is 8.00. The van der Waals surface area contributed by atoms with Gasteiger partial charge >= 0.3 is 0 Å². The van der Waals surface area contributed by atoms with Crippen molar-refractivity contribution in [1.29, 1.82) is 0 Å². The van der Waals surface area contributed by atoms with Gasteiger partial charge in [-0.15, -0.1) is 0 Å². The maximum absolute atomic E-state index is 13.4. The van der Waals surface area contributed by atoms with Crippen LogP contribution in [-0.2, 0) is 4.79 Å². The molecule has 7 heteroatoms. The van der Waals surface area contributed by atoms with Crippen molar-refractivity contribution < 1.29 is 4.79 Å². The van der Waals surface area contributed by atoms with Crippen LogP contribution in [0.3, 0.4) is 0 Å². The van der Waals surface area contributed by atoms with E-state index in [9.17, 15) is 9.59 Å². The summed E-state index contributed by atoms with van der Waals surface area (Å²) in [6.07, 6.45) is 0. The van der Waals surface area contributed by atoms with Crippen molar-refractivity contribution in [3.05, 3.63) is 88.7 Å². The number of amides is 1. The number of aryl methyl sites for hydroxylation is 1. The number of hydrogen-bond donors (Lipinski definition) is 1. The van der Waals surface area contributed by atoms with Crippen LogP contribution in [-0.4, -0.2) is 34.8 Å². The van der Waals surface area contributed by atoms with E-state index in [-0.39, 0.29) is 11.5 Å². The topological polar surface area (TPSA) is 67.2 Å². The first-order chi connectivity index (χ1) is 15.8. The molecule has 1 atom stereocenters. The van der Waals surface area contributed by atoms with Gasteiger partial charge in [0.15, 0.2) is 5.16 Å². The Labute approximate surface area is 197 Å². The molecule has 0 saturated carbocycles. The van der Waals surface area contributed by atoms with Crippen molar-refractivity contribution in [2.24, 2.45) is 0 Å². The van der Waals surface area contributed by atoms with Crippen LogP contribution < -0.4 is 15.8 Å². The number of carbonyl (C=O) groups excluding carboxylic acids is 1. The molecule has 0 spiro atoms. The molecule has 168 valence electrons. The number of aromatic nitrogens is 2. The number of benzene rings is 3. The minimum atomic E-state index is -0.469. The highest BCUT2D eigenvalue weighted by Crippen LogP contribution is 2.26. The molecule has 0 aliphatic carbocycles. The Kier molecular flexibility index (Phi) is 6.51. The van der Waals surface area contributed by atoms with Crippen LogP contribution in [0.15, 0.2) is 82.7 Å². The fourth-order valence-electron chi connectivity index (χ4n) is 3.41. The average molecular weight is 459 g/mol. The molecule has 33 heavy (non-hydrogen) atoms. The van der Waals surface area contributed by atoms with E-state index >= 15 is 0 Å². The quantitative estimate of drug-likeness (QED) is 0.330. The number of anilines is 2. The third kappa shape index (κ3) is 4.93. The van der Waals surface area contributed by atoms with Gasteiger partial charge in [0.1, 0.15) is 0 Å². The fourth-order valence-corrected chi connectivity index (χ4v) is 4.34. The SMILES string of the molecule is Cc1ccc(-n2c(SC(C)C(=O)Nc3ccc(N(C)C)cc3)nc3ccccc3c2=O)cc1. The van der Waals surface area contributed by atoms with E-state index in [0.29, 0.717) is 16.1 Å². The number of rotatable bonds is 6. The third-order valence-electron chi connectivity index (χ3n) is 5.34. The third-order valence-corrected chi connectivity index (χ3v) is 6.39. The van der Waals surface area contributed by atoms with Gasteiger partial charge in [0.25, 0.3) is 5.56 Å². The van der Waals surface area contributed by atoms with Crippen molar-refractivity contribution in [3.63, 3.8) is 0 Å². The number of carbonyl (C=O) groups is 1. The summed E-state index contributed by atoms with van der Waals surface area (Å²) < 4.78 is 1.59. The number of hydrogen-bond acceptors (Lipinski definition) is 5. The molecule has 0 aliphatic heterocycles. The monoisotopic (exact) mass is 458 g/mol. The molecule has 1 aromatic heterocycles. The lowest BCUT2D eigenvalue weighted by Gasteiger charge is -2.17. The molecule has 1 amide bonds. The Balaban J connectivity index is 1.65. The molecule has 1 N–H and O–H groups in total. The van der Waals surface area contributed by atoms with Gasteiger partial charge in [0.2, 0.25) is 5.91 Å². The van der Waals surface area contributed by atoms with E-state index in [0.717, 1.165) is 22.6 Å². The summed E-state index contributed by atoms with van der Waals surface area (Å²) in [6.45, 7) is 3.81. The highest BCUT2D eigenvalue weighted by atomic mass is 32.2. The zero-order valence-corrected chi connectivity index (χ0v) is 19.9. The van der Waals surface area contributed by atoms with E-state index < -0.39 is 5.25 Å². The summed E-state index contributed by atoms with van der Waals surface area (Å²) >= 11 is 1.27. The van der Waals surface area contributed by atoms with E-state index in [2.05, 4.69) is 5.32 Å². The summed E-state index contributed by atoms with van der Waals surface area (Å²) in [5, 5.41) is 3.51. The molecule has 4 aromatic rings. The van der Waals surface area contributed by atoms with Crippen LogP contribution in [0.2, 0.25) is 0 Å². The number of thioether (sulfide) groups is 1. The van der Waals surface area contributed by atoms with Gasteiger partial charge in [-0.05, 0) is 62.4 Å². The van der Waals surface area contributed by atoms with Crippen LogP contribution in [0.4, 0.5) is 11.4 Å². The molecule has 4 rings (SSSR count). The molecule has 0 saturated heterocycles. The number of nitrogens with one attached hydrogen (secondary N) is 1. The molecular formula is C26H26N4O2S. The molecule has 0 fully saturated rings. The smallest absolute Gasteiger partial charge is 0.266 e. The number of nitrogens with zero attached hydrogens (tertiary/aromatic N) is 3. The lowest BCUT2D eigenvalue weighted by atomic mass is 10.2. The van der Waals surface area contributed by atoms with E-state index in [1.807, 2.05) is 99.6 Å². The Bertz CT molecular complexity index is 1350. The van der Waals surface area contributed by atoms with Crippen LogP contribution in [0.5, 0.6) is 0 Å².